The van der Waals surface area contributed by atoms with Crippen LogP contribution in [0.5, 0.6) is 23.0 Å². The van der Waals surface area contributed by atoms with Gasteiger partial charge in [-0.15, -0.1) is 0 Å². The van der Waals surface area contributed by atoms with Crippen LogP contribution in [-0.4, -0.2) is 19.0 Å². The van der Waals surface area contributed by atoms with Crippen LogP contribution in [0.15, 0.2) is 97.1 Å². The maximum atomic E-state index is 6.07. The summed E-state index contributed by atoms with van der Waals surface area (Å²) < 4.78 is 12.0. The molecule has 0 saturated carbocycles. The van der Waals surface area contributed by atoms with Crippen LogP contribution in [-0.2, 0) is 13.1 Å². The molecular weight excluding hydrogens is 396 g/mol. The topological polar surface area (TPSA) is 24.9 Å². The Labute approximate surface area is 189 Å². The Bertz CT molecular complexity index is 1220. The lowest BCUT2D eigenvalue weighted by atomic mass is 10.1. The predicted octanol–water partition coefficient (Wildman–Crippen LogP) is 6.98. The zero-order valence-corrected chi connectivity index (χ0v) is 18.4. The molecule has 0 bridgehead atoms. The summed E-state index contributed by atoms with van der Waals surface area (Å²) in [5.41, 5.74) is 4.86. The summed E-state index contributed by atoms with van der Waals surface area (Å²) in [5.74, 6) is 3.02. The number of fused-ring (bicyclic) bond motifs is 2. The molecule has 0 aliphatic carbocycles. The van der Waals surface area contributed by atoms with Crippen LogP contribution < -0.4 is 14.4 Å². The SMILES string of the molecule is CN(Cc1ccc2c(c1)Oc1ccccc1O2)Cc1ccccc1N(C)c1ccccc1. The van der Waals surface area contributed by atoms with Gasteiger partial charge in [-0.25, -0.2) is 0 Å². The maximum Gasteiger partial charge on any atom is 0.170 e. The molecule has 160 valence electrons. The fourth-order valence-corrected chi connectivity index (χ4v) is 4.09. The van der Waals surface area contributed by atoms with E-state index in [-0.39, 0.29) is 0 Å². The number of rotatable bonds is 6. The van der Waals surface area contributed by atoms with Crippen LogP contribution >= 0.6 is 0 Å². The van der Waals surface area contributed by atoms with E-state index in [1.165, 1.54) is 22.5 Å². The second-order valence-corrected chi connectivity index (χ2v) is 8.13. The van der Waals surface area contributed by atoms with Gasteiger partial charge < -0.3 is 14.4 Å². The van der Waals surface area contributed by atoms with Crippen LogP contribution in [0.1, 0.15) is 11.1 Å². The standard InChI is InChI=1S/C28H26N2O2/c1-29(20-22-10-6-7-13-24(22)30(2)23-11-4-3-5-12-23)19-21-16-17-27-28(18-21)32-26-15-9-8-14-25(26)31-27/h3-18H,19-20H2,1-2H3. The molecule has 0 radical (unpaired) electrons. The molecule has 0 aromatic heterocycles. The molecule has 4 nitrogen and oxygen atoms in total. The van der Waals surface area contributed by atoms with Gasteiger partial charge in [0, 0.05) is 31.5 Å². The lowest BCUT2D eigenvalue weighted by Crippen LogP contribution is -2.20. The lowest BCUT2D eigenvalue weighted by molar-refractivity contribution is 0.317. The molecule has 0 N–H and O–H groups in total. The van der Waals surface area contributed by atoms with Gasteiger partial charge in [0.25, 0.3) is 0 Å². The van der Waals surface area contributed by atoms with E-state index in [0.717, 1.165) is 36.1 Å². The van der Waals surface area contributed by atoms with E-state index in [4.69, 9.17) is 9.47 Å². The molecule has 0 amide bonds. The van der Waals surface area contributed by atoms with Crippen molar-refractivity contribution in [3.05, 3.63) is 108 Å². The number of ether oxygens (including phenoxy) is 2. The molecule has 0 fully saturated rings. The van der Waals surface area contributed by atoms with Crippen LogP contribution in [0.4, 0.5) is 11.4 Å². The third kappa shape index (κ3) is 4.18. The van der Waals surface area contributed by atoms with Gasteiger partial charge in [-0.2, -0.15) is 0 Å². The minimum atomic E-state index is 0.753. The van der Waals surface area contributed by atoms with E-state index in [9.17, 15) is 0 Å². The molecule has 4 heteroatoms. The first kappa shape index (κ1) is 20.2. The highest BCUT2D eigenvalue weighted by atomic mass is 16.6. The van der Waals surface area contributed by atoms with Crippen LogP contribution in [0.25, 0.3) is 0 Å². The number of para-hydroxylation sites is 4. The minimum Gasteiger partial charge on any atom is -0.450 e. The summed E-state index contributed by atoms with van der Waals surface area (Å²) in [6, 6.07) is 32.9. The van der Waals surface area contributed by atoms with Crippen molar-refractivity contribution in [2.75, 3.05) is 19.0 Å². The second kappa shape index (κ2) is 8.77. The smallest absolute Gasteiger partial charge is 0.170 e. The van der Waals surface area contributed by atoms with E-state index < -0.39 is 0 Å². The highest BCUT2D eigenvalue weighted by Crippen LogP contribution is 2.45. The first-order chi connectivity index (χ1) is 15.7. The van der Waals surface area contributed by atoms with E-state index in [1.54, 1.807) is 0 Å². The van der Waals surface area contributed by atoms with Gasteiger partial charge in [0.15, 0.2) is 23.0 Å². The molecule has 4 aromatic rings. The van der Waals surface area contributed by atoms with Crippen molar-refractivity contribution in [1.29, 1.82) is 0 Å². The number of anilines is 2. The van der Waals surface area contributed by atoms with Gasteiger partial charge in [0.1, 0.15) is 0 Å². The van der Waals surface area contributed by atoms with Gasteiger partial charge in [-0.05, 0) is 60.6 Å². The molecule has 0 atom stereocenters. The number of nitrogens with zero attached hydrogens (tertiary/aromatic N) is 2. The Hall–Kier alpha value is -3.76. The fourth-order valence-electron chi connectivity index (χ4n) is 4.09. The average molecular weight is 423 g/mol. The molecular formula is C28H26N2O2. The highest BCUT2D eigenvalue weighted by molar-refractivity contribution is 5.65. The van der Waals surface area contributed by atoms with Crippen molar-refractivity contribution in [3.8, 4) is 23.0 Å². The molecule has 4 aromatic carbocycles. The van der Waals surface area contributed by atoms with E-state index in [2.05, 4.69) is 84.6 Å². The summed E-state index contributed by atoms with van der Waals surface area (Å²) in [5, 5.41) is 0. The molecule has 1 aliphatic heterocycles. The predicted molar refractivity (Wildman–Crippen MR) is 129 cm³/mol. The third-order valence-electron chi connectivity index (χ3n) is 5.69. The molecule has 0 saturated heterocycles. The van der Waals surface area contributed by atoms with E-state index in [1.807, 2.05) is 36.4 Å². The summed E-state index contributed by atoms with van der Waals surface area (Å²) >= 11 is 0. The monoisotopic (exact) mass is 422 g/mol. The van der Waals surface area contributed by atoms with Crippen LogP contribution in [0.2, 0.25) is 0 Å². The number of hydrogen-bond acceptors (Lipinski definition) is 4. The van der Waals surface area contributed by atoms with Gasteiger partial charge in [0.2, 0.25) is 0 Å². The molecule has 0 unspecified atom stereocenters. The Balaban J connectivity index is 1.31. The van der Waals surface area contributed by atoms with Crippen LogP contribution in [0.3, 0.4) is 0 Å². The van der Waals surface area contributed by atoms with Crippen molar-refractivity contribution < 1.29 is 9.47 Å². The average Bonchev–Trinajstić information content (AvgIpc) is 2.83. The molecule has 32 heavy (non-hydrogen) atoms. The molecule has 0 spiro atoms. The number of hydrogen-bond donors (Lipinski definition) is 0. The molecule has 5 rings (SSSR count). The zero-order chi connectivity index (χ0) is 21.9. The van der Waals surface area contributed by atoms with Crippen molar-refractivity contribution in [2.24, 2.45) is 0 Å². The summed E-state index contributed by atoms with van der Waals surface area (Å²) in [6.07, 6.45) is 0. The number of benzene rings is 4. The first-order valence-electron chi connectivity index (χ1n) is 10.8. The van der Waals surface area contributed by atoms with Crippen molar-refractivity contribution in [1.82, 2.24) is 4.90 Å². The summed E-state index contributed by atoms with van der Waals surface area (Å²) in [6.45, 7) is 1.65. The minimum absolute atomic E-state index is 0.753. The molecule has 1 heterocycles. The van der Waals surface area contributed by atoms with Crippen molar-refractivity contribution in [2.45, 2.75) is 13.1 Å². The summed E-state index contributed by atoms with van der Waals surface area (Å²) in [7, 11) is 4.26. The Morgan fingerprint density at radius 2 is 1.22 bits per heavy atom. The maximum absolute atomic E-state index is 6.07. The van der Waals surface area contributed by atoms with Crippen LogP contribution in [0, 0.1) is 0 Å². The van der Waals surface area contributed by atoms with E-state index in [0.29, 0.717) is 0 Å². The normalized spacial score (nSPS) is 11.8. The second-order valence-electron chi connectivity index (χ2n) is 8.13. The van der Waals surface area contributed by atoms with E-state index >= 15 is 0 Å². The highest BCUT2D eigenvalue weighted by Gasteiger charge is 2.19. The van der Waals surface area contributed by atoms with Gasteiger partial charge in [0.05, 0.1) is 0 Å². The van der Waals surface area contributed by atoms with Gasteiger partial charge >= 0.3 is 0 Å². The Morgan fingerprint density at radius 1 is 0.594 bits per heavy atom. The Kier molecular flexibility index (Phi) is 5.53. The zero-order valence-electron chi connectivity index (χ0n) is 18.4. The fraction of sp³-hybridized carbons (Fsp3) is 0.143. The van der Waals surface area contributed by atoms with Crippen molar-refractivity contribution in [3.63, 3.8) is 0 Å². The summed E-state index contributed by atoms with van der Waals surface area (Å²) in [4.78, 5) is 4.56. The quantitative estimate of drug-likeness (QED) is 0.295. The first-order valence-corrected chi connectivity index (χ1v) is 10.8. The Morgan fingerprint density at radius 3 is 2.00 bits per heavy atom. The largest absolute Gasteiger partial charge is 0.450 e. The van der Waals surface area contributed by atoms with Crippen molar-refractivity contribution >= 4 is 11.4 Å². The van der Waals surface area contributed by atoms with Gasteiger partial charge in [-0.1, -0.05) is 54.6 Å². The molecule has 1 aliphatic rings. The lowest BCUT2D eigenvalue weighted by Gasteiger charge is -2.25. The third-order valence-corrected chi connectivity index (χ3v) is 5.69. The van der Waals surface area contributed by atoms with Gasteiger partial charge in [-0.3, -0.25) is 4.90 Å².